The zero-order valence-electron chi connectivity index (χ0n) is 8.57. The van der Waals surface area contributed by atoms with Crippen LogP contribution in [0.5, 0.6) is 0 Å². The van der Waals surface area contributed by atoms with E-state index in [0.717, 1.165) is 16.8 Å². The molecule has 0 aromatic heterocycles. The number of ether oxygens (including phenoxy) is 1. The molecule has 0 amide bonds. The molecule has 0 radical (unpaired) electrons. The number of carbonyl (C=O) groups is 1. The van der Waals surface area contributed by atoms with E-state index in [0.29, 0.717) is 6.42 Å². The zero-order chi connectivity index (χ0) is 10.8. The van der Waals surface area contributed by atoms with Gasteiger partial charge in [-0.25, -0.2) is 4.79 Å². The monoisotopic (exact) mass is 203 g/mol. The minimum Gasteiger partial charge on any atom is -0.459 e. The molecule has 1 heterocycles. The van der Waals surface area contributed by atoms with E-state index in [1.54, 1.807) is 0 Å². The molecule has 3 nitrogen and oxygen atoms in total. The molecule has 1 saturated heterocycles. The molecule has 2 N–H and O–H groups in total. The van der Waals surface area contributed by atoms with E-state index < -0.39 is 0 Å². The van der Waals surface area contributed by atoms with Crippen molar-refractivity contribution in [3.8, 4) is 0 Å². The van der Waals surface area contributed by atoms with E-state index in [1.807, 2.05) is 37.3 Å². The predicted octanol–water partition coefficient (Wildman–Crippen LogP) is 1.99. The second-order valence-corrected chi connectivity index (χ2v) is 3.76. The average molecular weight is 203 g/mol. The van der Waals surface area contributed by atoms with Crippen LogP contribution in [0.1, 0.15) is 18.9 Å². The molecule has 1 aromatic carbocycles. The number of benzene rings is 1. The van der Waals surface area contributed by atoms with Crippen LogP contribution in [0.25, 0.3) is 6.08 Å². The molecule has 1 aliphatic heterocycles. The first-order valence-corrected chi connectivity index (χ1v) is 4.92. The fourth-order valence-corrected chi connectivity index (χ4v) is 1.60. The highest BCUT2D eigenvalue weighted by Crippen LogP contribution is 2.22. The summed E-state index contributed by atoms with van der Waals surface area (Å²) in [5.74, 6) is -0.209. The quantitative estimate of drug-likeness (QED) is 0.431. The second-order valence-electron chi connectivity index (χ2n) is 3.76. The maximum Gasteiger partial charge on any atom is 0.334 e. The Morgan fingerprint density at radius 3 is 2.60 bits per heavy atom. The third-order valence-corrected chi connectivity index (χ3v) is 2.36. The lowest BCUT2D eigenvalue weighted by molar-refractivity contribution is -0.138. The molecular formula is C12H13NO2. The molecule has 1 atom stereocenters. The van der Waals surface area contributed by atoms with Crippen molar-refractivity contribution in [2.75, 3.05) is 5.73 Å². The molecule has 1 aromatic rings. The zero-order valence-corrected chi connectivity index (χ0v) is 8.57. The van der Waals surface area contributed by atoms with Gasteiger partial charge in [-0.15, -0.1) is 0 Å². The number of hydrogen-bond donors (Lipinski definition) is 1. The molecule has 0 aliphatic carbocycles. The molecule has 1 aliphatic rings. The van der Waals surface area contributed by atoms with Gasteiger partial charge < -0.3 is 10.5 Å². The first kappa shape index (κ1) is 9.77. The Morgan fingerprint density at radius 1 is 1.40 bits per heavy atom. The van der Waals surface area contributed by atoms with Crippen molar-refractivity contribution < 1.29 is 9.53 Å². The van der Waals surface area contributed by atoms with Crippen molar-refractivity contribution in [1.82, 2.24) is 0 Å². The standard InChI is InChI=1S/C12H13NO2/c1-8-6-10(12(14)15-8)7-9-2-4-11(13)5-3-9/h2-5,7-8H,6,13H2,1H3/b10-7+/t8-/m1/s1. The number of rotatable bonds is 1. The Hall–Kier alpha value is -1.77. The van der Waals surface area contributed by atoms with Crippen molar-refractivity contribution in [3.63, 3.8) is 0 Å². The lowest BCUT2D eigenvalue weighted by Gasteiger charge is -1.96. The lowest BCUT2D eigenvalue weighted by Crippen LogP contribution is -1.99. The van der Waals surface area contributed by atoms with Gasteiger partial charge in [-0.3, -0.25) is 0 Å². The first-order chi connectivity index (χ1) is 7.15. The Kier molecular flexibility index (Phi) is 2.46. The topological polar surface area (TPSA) is 52.3 Å². The van der Waals surface area contributed by atoms with Crippen molar-refractivity contribution in [2.24, 2.45) is 0 Å². The molecule has 78 valence electrons. The third kappa shape index (κ3) is 2.18. The minimum atomic E-state index is -0.209. The lowest BCUT2D eigenvalue weighted by atomic mass is 10.1. The number of hydrogen-bond acceptors (Lipinski definition) is 3. The molecule has 2 rings (SSSR count). The van der Waals surface area contributed by atoms with Crippen LogP contribution in [0.4, 0.5) is 5.69 Å². The third-order valence-electron chi connectivity index (χ3n) is 2.36. The second kappa shape index (κ2) is 3.77. The molecule has 0 bridgehead atoms. The Labute approximate surface area is 88.5 Å². The number of anilines is 1. The maximum atomic E-state index is 11.3. The summed E-state index contributed by atoms with van der Waals surface area (Å²) in [6.45, 7) is 1.89. The van der Waals surface area contributed by atoms with Crippen LogP contribution in [-0.4, -0.2) is 12.1 Å². The molecule has 0 unspecified atom stereocenters. The smallest absolute Gasteiger partial charge is 0.334 e. The molecule has 1 fully saturated rings. The van der Waals surface area contributed by atoms with Crippen LogP contribution in [-0.2, 0) is 9.53 Å². The molecule has 0 saturated carbocycles. The van der Waals surface area contributed by atoms with Crippen LogP contribution in [0, 0.1) is 0 Å². The van der Waals surface area contributed by atoms with Crippen LogP contribution in [0.3, 0.4) is 0 Å². The highest BCUT2D eigenvalue weighted by Gasteiger charge is 2.24. The molecule has 3 heteroatoms. The van der Waals surface area contributed by atoms with Gasteiger partial charge in [0.25, 0.3) is 0 Å². The summed E-state index contributed by atoms with van der Waals surface area (Å²) in [6.07, 6.45) is 2.53. The van der Waals surface area contributed by atoms with Gasteiger partial charge in [-0.2, -0.15) is 0 Å². The fraction of sp³-hybridized carbons (Fsp3) is 0.250. The summed E-state index contributed by atoms with van der Waals surface area (Å²) in [7, 11) is 0. The van der Waals surface area contributed by atoms with Gasteiger partial charge in [0, 0.05) is 17.7 Å². The van der Waals surface area contributed by atoms with Crippen LogP contribution in [0.2, 0.25) is 0 Å². The Morgan fingerprint density at radius 2 is 2.07 bits per heavy atom. The Balaban J connectivity index is 2.23. The summed E-state index contributed by atoms with van der Waals surface area (Å²) < 4.78 is 5.04. The van der Waals surface area contributed by atoms with Crippen molar-refractivity contribution >= 4 is 17.7 Å². The van der Waals surface area contributed by atoms with Crippen molar-refractivity contribution in [3.05, 3.63) is 35.4 Å². The summed E-state index contributed by atoms with van der Waals surface area (Å²) in [6, 6.07) is 7.41. The highest BCUT2D eigenvalue weighted by molar-refractivity contribution is 5.95. The average Bonchev–Trinajstić information content (AvgIpc) is 2.49. The van der Waals surface area contributed by atoms with Gasteiger partial charge in [0.1, 0.15) is 6.10 Å². The van der Waals surface area contributed by atoms with E-state index >= 15 is 0 Å². The number of nitrogen functional groups attached to an aromatic ring is 1. The Bertz CT molecular complexity index is 406. The van der Waals surface area contributed by atoms with Gasteiger partial charge in [0.05, 0.1) is 0 Å². The van der Waals surface area contributed by atoms with E-state index in [9.17, 15) is 4.79 Å². The number of carbonyl (C=O) groups excluding carboxylic acids is 1. The molecule has 15 heavy (non-hydrogen) atoms. The van der Waals surface area contributed by atoms with Gasteiger partial charge in [-0.05, 0) is 30.7 Å². The van der Waals surface area contributed by atoms with Gasteiger partial charge in [0.15, 0.2) is 0 Å². The van der Waals surface area contributed by atoms with Gasteiger partial charge >= 0.3 is 5.97 Å². The SMILES string of the molecule is C[C@@H]1C/C(=C\c2ccc(N)cc2)C(=O)O1. The highest BCUT2D eigenvalue weighted by atomic mass is 16.5. The predicted molar refractivity (Wildman–Crippen MR) is 59.0 cm³/mol. The summed E-state index contributed by atoms with van der Waals surface area (Å²) >= 11 is 0. The molecule has 0 spiro atoms. The summed E-state index contributed by atoms with van der Waals surface area (Å²) in [4.78, 5) is 11.3. The number of esters is 1. The summed E-state index contributed by atoms with van der Waals surface area (Å²) in [5, 5.41) is 0. The largest absolute Gasteiger partial charge is 0.459 e. The fourth-order valence-electron chi connectivity index (χ4n) is 1.60. The van der Waals surface area contributed by atoms with Crippen molar-refractivity contribution in [1.29, 1.82) is 0 Å². The maximum absolute atomic E-state index is 11.3. The van der Waals surface area contributed by atoms with Crippen LogP contribution in [0.15, 0.2) is 29.8 Å². The van der Waals surface area contributed by atoms with Crippen molar-refractivity contribution in [2.45, 2.75) is 19.4 Å². The van der Waals surface area contributed by atoms with Crippen LogP contribution >= 0.6 is 0 Å². The van der Waals surface area contributed by atoms with E-state index in [-0.39, 0.29) is 12.1 Å². The first-order valence-electron chi connectivity index (χ1n) is 4.92. The molecular weight excluding hydrogens is 190 g/mol. The van der Waals surface area contributed by atoms with Gasteiger partial charge in [-0.1, -0.05) is 12.1 Å². The van der Waals surface area contributed by atoms with Gasteiger partial charge in [0.2, 0.25) is 0 Å². The van der Waals surface area contributed by atoms with E-state index in [2.05, 4.69) is 0 Å². The van der Waals surface area contributed by atoms with Crippen LogP contribution < -0.4 is 5.73 Å². The van der Waals surface area contributed by atoms with E-state index in [1.165, 1.54) is 0 Å². The number of cyclic esters (lactones) is 1. The van der Waals surface area contributed by atoms with E-state index in [4.69, 9.17) is 10.5 Å². The number of nitrogens with two attached hydrogens (primary N) is 1. The summed E-state index contributed by atoms with van der Waals surface area (Å²) in [5.41, 5.74) is 8.00. The normalized spacial score (nSPS) is 23.1. The minimum absolute atomic E-state index is 0.00229.